The number of aromatic hydroxyl groups is 1. The highest BCUT2D eigenvalue weighted by atomic mass is 35.5. The summed E-state index contributed by atoms with van der Waals surface area (Å²) in [4.78, 5) is 0. The standard InChI is InChI=1S/C8H9Cl2NO2.ClH/c9-4-1-5(10)8(6(11)3-12)7(13)2-4;/h1-2,6,12-13H,3,11H2;1H/t6-;/m0./s1. The molecule has 0 aliphatic heterocycles. The fraction of sp³-hybridized carbons (Fsp3) is 0.250. The van der Waals surface area contributed by atoms with Gasteiger partial charge in [-0.15, -0.1) is 12.4 Å². The largest absolute Gasteiger partial charge is 0.507 e. The molecule has 0 aliphatic rings. The van der Waals surface area contributed by atoms with Crippen molar-refractivity contribution in [2.75, 3.05) is 6.61 Å². The Morgan fingerprint density at radius 3 is 2.36 bits per heavy atom. The Labute approximate surface area is 97.8 Å². The summed E-state index contributed by atoms with van der Waals surface area (Å²) in [7, 11) is 0. The number of aliphatic hydroxyl groups is 1. The normalized spacial score (nSPS) is 12.0. The van der Waals surface area contributed by atoms with Gasteiger partial charge in [-0.3, -0.25) is 0 Å². The SMILES string of the molecule is Cl.N[C@@H](CO)c1c(O)cc(Cl)cc1Cl. The van der Waals surface area contributed by atoms with Gasteiger partial charge in [-0.1, -0.05) is 23.2 Å². The molecule has 1 atom stereocenters. The Balaban J connectivity index is 0.00000169. The summed E-state index contributed by atoms with van der Waals surface area (Å²) in [6.45, 7) is -0.283. The summed E-state index contributed by atoms with van der Waals surface area (Å²) in [6, 6.07) is 2.11. The third-order valence-corrected chi connectivity index (χ3v) is 2.17. The molecule has 0 bridgehead atoms. The fourth-order valence-corrected chi connectivity index (χ4v) is 1.65. The number of hydrogen-bond donors (Lipinski definition) is 3. The monoisotopic (exact) mass is 257 g/mol. The first-order valence-corrected chi connectivity index (χ1v) is 4.36. The van der Waals surface area contributed by atoms with Crippen molar-refractivity contribution in [2.24, 2.45) is 5.73 Å². The van der Waals surface area contributed by atoms with Crippen molar-refractivity contribution in [2.45, 2.75) is 6.04 Å². The van der Waals surface area contributed by atoms with Gasteiger partial charge in [-0.2, -0.15) is 0 Å². The third kappa shape index (κ3) is 2.90. The lowest BCUT2D eigenvalue weighted by molar-refractivity contribution is 0.265. The van der Waals surface area contributed by atoms with Gasteiger partial charge in [-0.25, -0.2) is 0 Å². The van der Waals surface area contributed by atoms with E-state index >= 15 is 0 Å². The van der Waals surface area contributed by atoms with Crippen LogP contribution < -0.4 is 5.73 Å². The number of aliphatic hydroxyl groups excluding tert-OH is 1. The van der Waals surface area contributed by atoms with Crippen LogP contribution in [0.3, 0.4) is 0 Å². The second-order valence-corrected chi connectivity index (χ2v) is 3.45. The quantitative estimate of drug-likeness (QED) is 0.761. The van der Waals surface area contributed by atoms with Crippen molar-refractivity contribution in [3.05, 3.63) is 27.7 Å². The molecule has 0 spiro atoms. The van der Waals surface area contributed by atoms with Crippen molar-refractivity contribution in [3.8, 4) is 5.75 Å². The number of nitrogens with two attached hydrogens (primary N) is 1. The minimum Gasteiger partial charge on any atom is -0.507 e. The highest BCUT2D eigenvalue weighted by Crippen LogP contribution is 2.33. The smallest absolute Gasteiger partial charge is 0.123 e. The van der Waals surface area contributed by atoms with Gasteiger partial charge < -0.3 is 15.9 Å². The Bertz CT molecular complexity index is 296. The molecule has 14 heavy (non-hydrogen) atoms. The lowest BCUT2D eigenvalue weighted by Gasteiger charge is -2.12. The number of halogens is 3. The lowest BCUT2D eigenvalue weighted by atomic mass is 10.1. The zero-order chi connectivity index (χ0) is 10.0. The molecule has 1 aromatic carbocycles. The molecular weight excluding hydrogens is 248 g/mol. The van der Waals surface area contributed by atoms with Crippen molar-refractivity contribution in [1.29, 1.82) is 0 Å². The number of phenols is 1. The molecular formula is C8H10Cl3NO2. The second-order valence-electron chi connectivity index (χ2n) is 2.61. The molecule has 0 unspecified atom stereocenters. The van der Waals surface area contributed by atoms with E-state index in [1.165, 1.54) is 12.1 Å². The molecule has 0 radical (unpaired) electrons. The molecule has 0 amide bonds. The molecule has 0 aliphatic carbocycles. The van der Waals surface area contributed by atoms with E-state index in [0.717, 1.165) is 0 Å². The van der Waals surface area contributed by atoms with E-state index in [1.807, 2.05) is 0 Å². The average Bonchev–Trinajstić information content (AvgIpc) is 2.02. The van der Waals surface area contributed by atoms with Gasteiger partial charge >= 0.3 is 0 Å². The number of rotatable bonds is 2. The molecule has 80 valence electrons. The number of hydrogen-bond acceptors (Lipinski definition) is 3. The van der Waals surface area contributed by atoms with Gasteiger partial charge in [-0.05, 0) is 12.1 Å². The molecule has 6 heteroatoms. The molecule has 0 aromatic heterocycles. The highest BCUT2D eigenvalue weighted by Gasteiger charge is 2.14. The summed E-state index contributed by atoms with van der Waals surface area (Å²) < 4.78 is 0. The van der Waals surface area contributed by atoms with E-state index in [-0.39, 0.29) is 29.8 Å². The van der Waals surface area contributed by atoms with Gasteiger partial charge in [0.25, 0.3) is 0 Å². The molecule has 3 nitrogen and oxygen atoms in total. The summed E-state index contributed by atoms with van der Waals surface area (Å²) in [6.07, 6.45) is 0. The first-order valence-electron chi connectivity index (χ1n) is 3.60. The van der Waals surface area contributed by atoms with Crippen LogP contribution in [-0.4, -0.2) is 16.8 Å². The molecule has 0 saturated heterocycles. The number of phenolic OH excluding ortho intramolecular Hbond substituents is 1. The van der Waals surface area contributed by atoms with Crippen LogP contribution in [0.15, 0.2) is 12.1 Å². The maximum atomic E-state index is 9.41. The van der Waals surface area contributed by atoms with E-state index in [0.29, 0.717) is 10.6 Å². The van der Waals surface area contributed by atoms with Crippen molar-refractivity contribution >= 4 is 35.6 Å². The van der Waals surface area contributed by atoms with E-state index in [9.17, 15) is 5.11 Å². The maximum Gasteiger partial charge on any atom is 0.123 e. The van der Waals surface area contributed by atoms with Crippen LogP contribution in [0.1, 0.15) is 11.6 Å². The van der Waals surface area contributed by atoms with E-state index in [4.69, 9.17) is 34.0 Å². The first-order chi connectivity index (χ1) is 6.06. The van der Waals surface area contributed by atoms with Crippen LogP contribution >= 0.6 is 35.6 Å². The van der Waals surface area contributed by atoms with Gasteiger partial charge in [0, 0.05) is 10.6 Å². The average molecular weight is 259 g/mol. The Morgan fingerprint density at radius 2 is 1.93 bits per heavy atom. The van der Waals surface area contributed by atoms with Crippen molar-refractivity contribution in [3.63, 3.8) is 0 Å². The van der Waals surface area contributed by atoms with Crippen LogP contribution in [0.4, 0.5) is 0 Å². The minimum atomic E-state index is -0.690. The topological polar surface area (TPSA) is 66.5 Å². The van der Waals surface area contributed by atoms with Crippen LogP contribution in [0.2, 0.25) is 10.0 Å². The molecule has 0 heterocycles. The van der Waals surface area contributed by atoms with Crippen LogP contribution in [0, 0.1) is 0 Å². The van der Waals surface area contributed by atoms with E-state index < -0.39 is 6.04 Å². The van der Waals surface area contributed by atoms with Crippen molar-refractivity contribution in [1.82, 2.24) is 0 Å². The Kier molecular flexibility index (Phi) is 5.56. The van der Waals surface area contributed by atoms with Crippen LogP contribution in [0.5, 0.6) is 5.75 Å². The molecule has 0 saturated carbocycles. The molecule has 1 aromatic rings. The first kappa shape index (κ1) is 13.8. The predicted octanol–water partition coefficient (Wildman–Crippen LogP) is 2.11. The molecule has 0 fully saturated rings. The minimum absolute atomic E-state index is 0. The zero-order valence-corrected chi connectivity index (χ0v) is 9.40. The van der Waals surface area contributed by atoms with Gasteiger partial charge in [0.15, 0.2) is 0 Å². The van der Waals surface area contributed by atoms with E-state index in [1.54, 1.807) is 0 Å². The van der Waals surface area contributed by atoms with Gasteiger partial charge in [0.1, 0.15) is 5.75 Å². The highest BCUT2D eigenvalue weighted by molar-refractivity contribution is 6.35. The summed E-state index contributed by atoms with van der Waals surface area (Å²) >= 11 is 11.4. The van der Waals surface area contributed by atoms with E-state index in [2.05, 4.69) is 0 Å². The lowest BCUT2D eigenvalue weighted by Crippen LogP contribution is -2.15. The maximum absolute atomic E-state index is 9.41. The van der Waals surface area contributed by atoms with Crippen LogP contribution in [-0.2, 0) is 0 Å². The van der Waals surface area contributed by atoms with Crippen LogP contribution in [0.25, 0.3) is 0 Å². The zero-order valence-electron chi connectivity index (χ0n) is 7.08. The predicted molar refractivity (Wildman–Crippen MR) is 59.4 cm³/mol. The third-order valence-electron chi connectivity index (χ3n) is 1.64. The Hall–Kier alpha value is -0.190. The summed E-state index contributed by atoms with van der Waals surface area (Å²) in [5.41, 5.74) is 5.82. The van der Waals surface area contributed by atoms with Crippen molar-refractivity contribution < 1.29 is 10.2 Å². The fourth-order valence-electron chi connectivity index (χ4n) is 1.03. The summed E-state index contributed by atoms with van der Waals surface area (Å²) in [5, 5.41) is 18.8. The second kappa shape index (κ2) is 5.63. The Morgan fingerprint density at radius 1 is 1.36 bits per heavy atom. The number of benzene rings is 1. The molecule has 4 N–H and O–H groups in total. The summed E-state index contributed by atoms with van der Waals surface area (Å²) in [5.74, 6) is -0.0981. The molecule has 1 rings (SSSR count). The van der Waals surface area contributed by atoms with Gasteiger partial charge in [0.2, 0.25) is 0 Å². The van der Waals surface area contributed by atoms with Gasteiger partial charge in [0.05, 0.1) is 17.7 Å².